The van der Waals surface area contributed by atoms with Gasteiger partial charge in [0.05, 0.1) is 6.20 Å². The summed E-state index contributed by atoms with van der Waals surface area (Å²) in [5.74, 6) is -0.757. The van der Waals surface area contributed by atoms with Crippen LogP contribution in [0.3, 0.4) is 0 Å². The molecule has 0 atom stereocenters. The molecule has 0 saturated carbocycles. The van der Waals surface area contributed by atoms with Gasteiger partial charge in [-0.3, -0.25) is 4.79 Å². The van der Waals surface area contributed by atoms with E-state index in [1.807, 2.05) is 0 Å². The quantitative estimate of drug-likeness (QED) is 0.829. The lowest BCUT2D eigenvalue weighted by Crippen LogP contribution is -2.14. The predicted octanol–water partition coefficient (Wildman–Crippen LogP) is 1.92. The summed E-state index contributed by atoms with van der Waals surface area (Å²) in [5.41, 5.74) is 0.0844. The number of carbonyl (C=O) groups excluding carboxylic acids is 1. The van der Waals surface area contributed by atoms with Gasteiger partial charge in [0.15, 0.2) is 0 Å². The van der Waals surface area contributed by atoms with Gasteiger partial charge >= 0.3 is 0 Å². The first kappa shape index (κ1) is 11.4. The largest absolute Gasteiger partial charge is 0.305 e. The zero-order chi connectivity index (χ0) is 12.3. The predicted molar refractivity (Wildman–Crippen MR) is 59.2 cm³/mol. The summed E-state index contributed by atoms with van der Waals surface area (Å²) in [6.07, 6.45) is 2.37. The van der Waals surface area contributed by atoms with E-state index in [1.165, 1.54) is 18.3 Å². The summed E-state index contributed by atoms with van der Waals surface area (Å²) in [6.45, 7) is 0. The van der Waals surface area contributed by atoms with Crippen molar-refractivity contribution >= 4 is 23.3 Å². The molecule has 0 aliphatic carbocycles. The van der Waals surface area contributed by atoms with Crippen molar-refractivity contribution < 1.29 is 9.18 Å². The molecule has 7 heteroatoms. The van der Waals surface area contributed by atoms with Crippen molar-refractivity contribution in [3.05, 3.63) is 47.4 Å². The first-order valence-corrected chi connectivity index (χ1v) is 4.94. The molecule has 0 aliphatic heterocycles. The fourth-order valence-electron chi connectivity index (χ4n) is 1.10. The number of carbonyl (C=O) groups is 1. The maximum Gasteiger partial charge on any atom is 0.275 e. The van der Waals surface area contributed by atoms with Crippen LogP contribution in [0.5, 0.6) is 0 Å². The highest BCUT2D eigenvalue weighted by Crippen LogP contribution is 2.07. The number of nitrogens with one attached hydrogen (secondary N) is 1. The lowest BCUT2D eigenvalue weighted by molar-refractivity contribution is 0.102. The summed E-state index contributed by atoms with van der Waals surface area (Å²) < 4.78 is 12.6. The van der Waals surface area contributed by atoms with Gasteiger partial charge in [-0.15, -0.1) is 0 Å². The number of aromatic nitrogens is 3. The topological polar surface area (TPSA) is 67.8 Å². The van der Waals surface area contributed by atoms with E-state index in [4.69, 9.17) is 11.6 Å². The number of hydrogen-bond donors (Lipinski definition) is 1. The summed E-state index contributed by atoms with van der Waals surface area (Å²) >= 11 is 5.56. The Hall–Kier alpha value is -2.08. The molecule has 2 aromatic rings. The summed E-state index contributed by atoms with van der Waals surface area (Å²) in [5, 5.41) is 2.48. The zero-order valence-electron chi connectivity index (χ0n) is 8.39. The molecule has 17 heavy (non-hydrogen) atoms. The number of amides is 1. The van der Waals surface area contributed by atoms with Crippen LogP contribution in [-0.2, 0) is 0 Å². The van der Waals surface area contributed by atoms with Crippen LogP contribution in [0.4, 0.5) is 10.2 Å². The van der Waals surface area contributed by atoms with E-state index in [2.05, 4.69) is 20.3 Å². The Morgan fingerprint density at radius 3 is 2.76 bits per heavy atom. The third-order valence-corrected chi connectivity index (χ3v) is 2.01. The maximum atomic E-state index is 12.6. The second kappa shape index (κ2) is 4.84. The average molecular weight is 253 g/mol. The molecule has 0 spiro atoms. The normalized spacial score (nSPS) is 10.0. The van der Waals surface area contributed by atoms with Gasteiger partial charge in [0, 0.05) is 6.20 Å². The Bertz CT molecular complexity index is 546. The van der Waals surface area contributed by atoms with Crippen molar-refractivity contribution in [2.24, 2.45) is 0 Å². The second-order valence-electron chi connectivity index (χ2n) is 3.03. The molecule has 1 amide bonds. The number of rotatable bonds is 2. The van der Waals surface area contributed by atoms with Crippen molar-refractivity contribution in [3.8, 4) is 0 Å². The van der Waals surface area contributed by atoms with Gasteiger partial charge in [0.25, 0.3) is 5.91 Å². The number of hydrogen-bond acceptors (Lipinski definition) is 4. The first-order valence-electron chi connectivity index (χ1n) is 4.56. The first-order chi connectivity index (χ1) is 8.15. The van der Waals surface area contributed by atoms with Gasteiger partial charge in [-0.1, -0.05) is 0 Å². The fraction of sp³-hybridized carbons (Fsp3) is 0. The molecule has 2 rings (SSSR count). The summed E-state index contributed by atoms with van der Waals surface area (Å²) in [4.78, 5) is 22.7. The SMILES string of the molecule is O=C(Nc1ccnc(Cl)n1)c1ccc(F)cn1. The molecular formula is C10H6ClFN4O. The summed E-state index contributed by atoms with van der Waals surface area (Å²) in [6, 6.07) is 3.90. The highest BCUT2D eigenvalue weighted by Gasteiger charge is 2.08. The minimum Gasteiger partial charge on any atom is -0.305 e. The van der Waals surface area contributed by atoms with E-state index in [-0.39, 0.29) is 16.8 Å². The van der Waals surface area contributed by atoms with Crippen LogP contribution < -0.4 is 5.32 Å². The number of pyridine rings is 1. The molecule has 86 valence electrons. The highest BCUT2D eigenvalue weighted by atomic mass is 35.5. The Kier molecular flexibility index (Phi) is 3.24. The molecule has 2 heterocycles. The molecule has 0 radical (unpaired) electrons. The monoisotopic (exact) mass is 252 g/mol. The van der Waals surface area contributed by atoms with Crippen LogP contribution >= 0.6 is 11.6 Å². The van der Waals surface area contributed by atoms with Crippen LogP contribution in [0, 0.1) is 5.82 Å². The zero-order valence-corrected chi connectivity index (χ0v) is 9.15. The second-order valence-corrected chi connectivity index (χ2v) is 3.36. The van der Waals surface area contributed by atoms with E-state index in [1.54, 1.807) is 0 Å². The van der Waals surface area contributed by atoms with Crippen molar-refractivity contribution in [1.82, 2.24) is 15.0 Å². The van der Waals surface area contributed by atoms with Crippen LogP contribution in [-0.4, -0.2) is 20.9 Å². The van der Waals surface area contributed by atoms with E-state index in [0.29, 0.717) is 0 Å². The van der Waals surface area contributed by atoms with Gasteiger partial charge in [-0.25, -0.2) is 19.3 Å². The molecule has 0 aromatic carbocycles. The van der Waals surface area contributed by atoms with Gasteiger partial charge in [-0.2, -0.15) is 0 Å². The molecular weight excluding hydrogens is 247 g/mol. The van der Waals surface area contributed by atoms with Crippen LogP contribution in [0.15, 0.2) is 30.6 Å². The standard InChI is InChI=1S/C10H6ClFN4O/c11-10-13-4-3-8(16-10)15-9(17)7-2-1-6(12)5-14-7/h1-5H,(H,13,15,16,17). The van der Waals surface area contributed by atoms with Gasteiger partial charge in [0.1, 0.15) is 17.3 Å². The molecule has 1 N–H and O–H groups in total. The lowest BCUT2D eigenvalue weighted by atomic mass is 10.3. The molecule has 0 saturated heterocycles. The molecule has 0 fully saturated rings. The van der Waals surface area contributed by atoms with Crippen LogP contribution in [0.25, 0.3) is 0 Å². The van der Waals surface area contributed by atoms with Gasteiger partial charge in [-0.05, 0) is 29.8 Å². The molecule has 0 bridgehead atoms. The van der Waals surface area contributed by atoms with E-state index >= 15 is 0 Å². The third-order valence-electron chi connectivity index (χ3n) is 1.83. The number of halogens is 2. The fourth-order valence-corrected chi connectivity index (χ4v) is 1.24. The van der Waals surface area contributed by atoms with Crippen molar-refractivity contribution in [2.45, 2.75) is 0 Å². The Balaban J connectivity index is 2.14. The highest BCUT2D eigenvalue weighted by molar-refractivity contribution is 6.28. The van der Waals surface area contributed by atoms with Crippen LogP contribution in [0.1, 0.15) is 10.5 Å². The van der Waals surface area contributed by atoms with Crippen molar-refractivity contribution in [3.63, 3.8) is 0 Å². The smallest absolute Gasteiger partial charge is 0.275 e. The average Bonchev–Trinajstić information content (AvgIpc) is 2.29. The van der Waals surface area contributed by atoms with E-state index < -0.39 is 11.7 Å². The van der Waals surface area contributed by atoms with Gasteiger partial charge in [0.2, 0.25) is 5.28 Å². The Morgan fingerprint density at radius 2 is 2.12 bits per heavy atom. The number of anilines is 1. The lowest BCUT2D eigenvalue weighted by Gasteiger charge is -2.03. The Morgan fingerprint density at radius 1 is 1.29 bits per heavy atom. The number of nitrogens with zero attached hydrogens (tertiary/aromatic N) is 3. The molecule has 0 aliphatic rings. The third kappa shape index (κ3) is 2.94. The maximum absolute atomic E-state index is 12.6. The minimum atomic E-state index is -0.508. The van der Waals surface area contributed by atoms with E-state index in [9.17, 15) is 9.18 Å². The minimum absolute atomic E-state index is 0.0230. The van der Waals surface area contributed by atoms with E-state index in [0.717, 1.165) is 12.3 Å². The van der Waals surface area contributed by atoms with Crippen molar-refractivity contribution in [2.75, 3.05) is 5.32 Å². The van der Waals surface area contributed by atoms with Gasteiger partial charge < -0.3 is 5.32 Å². The molecule has 0 unspecified atom stereocenters. The molecule has 2 aromatic heterocycles. The van der Waals surface area contributed by atoms with Crippen molar-refractivity contribution in [1.29, 1.82) is 0 Å². The van der Waals surface area contributed by atoms with Crippen LogP contribution in [0.2, 0.25) is 5.28 Å². The molecule has 5 nitrogen and oxygen atoms in total. The Labute approximate surface area is 101 Å². The summed E-state index contributed by atoms with van der Waals surface area (Å²) in [7, 11) is 0.